The van der Waals surface area contributed by atoms with Crippen LogP contribution in [-0.2, 0) is 4.79 Å². The lowest BCUT2D eigenvalue weighted by atomic mass is 10.2. The van der Waals surface area contributed by atoms with Crippen LogP contribution in [0.4, 0.5) is 0 Å². The van der Waals surface area contributed by atoms with Crippen molar-refractivity contribution in [1.29, 1.82) is 0 Å². The summed E-state index contributed by atoms with van der Waals surface area (Å²) in [6.45, 7) is 5.50. The minimum Gasteiger partial charge on any atom is -0.362 e. The van der Waals surface area contributed by atoms with Crippen LogP contribution in [0, 0.1) is 0 Å². The molecule has 1 aliphatic rings. The van der Waals surface area contributed by atoms with E-state index in [0.717, 1.165) is 31.8 Å². The van der Waals surface area contributed by atoms with E-state index in [1.54, 1.807) is 4.90 Å². The summed E-state index contributed by atoms with van der Waals surface area (Å²) in [5.74, 6) is 1.11. The van der Waals surface area contributed by atoms with Crippen LogP contribution in [0.5, 0.6) is 0 Å². The number of hydrogen-bond acceptors (Lipinski definition) is 3. The molecule has 80 valence electrons. The van der Waals surface area contributed by atoms with Crippen molar-refractivity contribution in [2.45, 2.75) is 32.7 Å². The van der Waals surface area contributed by atoms with Crippen molar-refractivity contribution in [1.82, 2.24) is 10.2 Å². The number of amides is 1. The number of nitrogens with one attached hydrogen (secondary N) is 1. The molecule has 0 bridgehead atoms. The van der Waals surface area contributed by atoms with Crippen molar-refractivity contribution in [3.63, 3.8) is 0 Å². The van der Waals surface area contributed by atoms with Crippen LogP contribution in [-0.4, -0.2) is 42.8 Å². The van der Waals surface area contributed by atoms with Crippen LogP contribution in [0.1, 0.15) is 26.7 Å². The standard InChI is InChI=1S/C10H19N3O/c1-4-13(3)10(14)8(2)12-9-6-5-7-11-9/h8H,4-7H2,1-3H3,(H,11,12). The number of nitrogens with zero attached hydrogens (tertiary/aromatic N) is 2. The number of rotatable bonds is 3. The van der Waals surface area contributed by atoms with Gasteiger partial charge in [0.15, 0.2) is 0 Å². The van der Waals surface area contributed by atoms with Gasteiger partial charge in [0.2, 0.25) is 5.91 Å². The number of carbonyl (C=O) groups is 1. The lowest BCUT2D eigenvalue weighted by molar-refractivity contribution is -0.131. The molecule has 0 aromatic heterocycles. The molecule has 4 nitrogen and oxygen atoms in total. The van der Waals surface area contributed by atoms with Crippen molar-refractivity contribution in [2.75, 3.05) is 20.1 Å². The molecule has 0 aliphatic carbocycles. The zero-order chi connectivity index (χ0) is 10.6. The van der Waals surface area contributed by atoms with Gasteiger partial charge in [-0.2, -0.15) is 0 Å². The van der Waals surface area contributed by atoms with E-state index < -0.39 is 0 Å². The van der Waals surface area contributed by atoms with E-state index in [2.05, 4.69) is 10.3 Å². The zero-order valence-corrected chi connectivity index (χ0v) is 9.21. The minimum atomic E-state index is -0.156. The SMILES string of the molecule is CCN(C)C(=O)C(C)NC1=NCCC1. The van der Waals surface area contributed by atoms with Gasteiger partial charge >= 0.3 is 0 Å². The summed E-state index contributed by atoms with van der Waals surface area (Å²) in [7, 11) is 1.82. The first-order valence-electron chi connectivity index (χ1n) is 5.20. The molecule has 0 aromatic rings. The Labute approximate surface area is 85.4 Å². The molecule has 14 heavy (non-hydrogen) atoms. The molecule has 1 N–H and O–H groups in total. The van der Waals surface area contributed by atoms with Gasteiger partial charge in [-0.25, -0.2) is 0 Å². The Morgan fingerprint density at radius 3 is 2.93 bits per heavy atom. The lowest BCUT2D eigenvalue weighted by Gasteiger charge is -2.21. The maximum absolute atomic E-state index is 11.7. The highest BCUT2D eigenvalue weighted by Gasteiger charge is 2.18. The topological polar surface area (TPSA) is 44.7 Å². The number of aliphatic imine (C=N–C) groups is 1. The van der Waals surface area contributed by atoms with Gasteiger partial charge in [-0.1, -0.05) is 0 Å². The summed E-state index contributed by atoms with van der Waals surface area (Å²) in [5, 5.41) is 3.15. The molecule has 0 aromatic carbocycles. The number of amidine groups is 1. The Morgan fingerprint density at radius 2 is 2.43 bits per heavy atom. The fraction of sp³-hybridized carbons (Fsp3) is 0.800. The minimum absolute atomic E-state index is 0.127. The molecular formula is C10H19N3O. The van der Waals surface area contributed by atoms with E-state index in [9.17, 15) is 4.79 Å². The van der Waals surface area contributed by atoms with Gasteiger partial charge in [0, 0.05) is 26.6 Å². The summed E-state index contributed by atoms with van der Waals surface area (Å²) in [6.07, 6.45) is 2.08. The van der Waals surface area contributed by atoms with Crippen molar-refractivity contribution < 1.29 is 4.79 Å². The Balaban J connectivity index is 2.40. The fourth-order valence-corrected chi connectivity index (χ4v) is 1.46. The van der Waals surface area contributed by atoms with Crippen molar-refractivity contribution in [3.8, 4) is 0 Å². The van der Waals surface area contributed by atoms with Crippen LogP contribution in [0.15, 0.2) is 4.99 Å². The maximum Gasteiger partial charge on any atom is 0.244 e. The van der Waals surface area contributed by atoms with Crippen molar-refractivity contribution in [3.05, 3.63) is 0 Å². The van der Waals surface area contributed by atoms with Crippen molar-refractivity contribution in [2.24, 2.45) is 4.99 Å². The molecule has 1 atom stereocenters. The number of carbonyl (C=O) groups excluding carboxylic acids is 1. The Kier molecular flexibility index (Phi) is 3.92. The normalized spacial score (nSPS) is 17.5. The molecule has 1 aliphatic heterocycles. The lowest BCUT2D eigenvalue weighted by Crippen LogP contribution is -2.45. The van der Waals surface area contributed by atoms with Crippen molar-refractivity contribution >= 4 is 11.7 Å². The molecule has 0 fully saturated rings. The van der Waals surface area contributed by atoms with Crippen LogP contribution in [0.3, 0.4) is 0 Å². The first-order chi connectivity index (χ1) is 6.65. The van der Waals surface area contributed by atoms with Gasteiger partial charge in [-0.15, -0.1) is 0 Å². The third-order valence-corrected chi connectivity index (χ3v) is 2.48. The fourth-order valence-electron chi connectivity index (χ4n) is 1.46. The van der Waals surface area contributed by atoms with Gasteiger partial charge in [-0.3, -0.25) is 9.79 Å². The average molecular weight is 197 g/mol. The van der Waals surface area contributed by atoms with E-state index in [-0.39, 0.29) is 11.9 Å². The first kappa shape index (κ1) is 11.0. The summed E-state index contributed by atoms with van der Waals surface area (Å²) in [5.41, 5.74) is 0. The second-order valence-electron chi connectivity index (χ2n) is 3.65. The highest BCUT2D eigenvalue weighted by atomic mass is 16.2. The first-order valence-corrected chi connectivity index (χ1v) is 5.20. The third kappa shape index (κ3) is 2.72. The van der Waals surface area contributed by atoms with E-state index in [0.29, 0.717) is 0 Å². The Bertz CT molecular complexity index is 238. The maximum atomic E-state index is 11.7. The quantitative estimate of drug-likeness (QED) is 0.721. The van der Waals surface area contributed by atoms with Gasteiger partial charge in [0.1, 0.15) is 6.04 Å². The third-order valence-electron chi connectivity index (χ3n) is 2.48. The van der Waals surface area contributed by atoms with E-state index >= 15 is 0 Å². The highest BCUT2D eigenvalue weighted by molar-refractivity contribution is 5.90. The van der Waals surface area contributed by atoms with E-state index in [1.165, 1.54) is 0 Å². The predicted molar refractivity (Wildman–Crippen MR) is 57.4 cm³/mol. The Hall–Kier alpha value is -1.06. The Morgan fingerprint density at radius 1 is 1.71 bits per heavy atom. The molecule has 1 unspecified atom stereocenters. The van der Waals surface area contributed by atoms with Gasteiger partial charge in [0.25, 0.3) is 0 Å². The summed E-state index contributed by atoms with van der Waals surface area (Å²) >= 11 is 0. The largest absolute Gasteiger partial charge is 0.362 e. The monoisotopic (exact) mass is 197 g/mol. The van der Waals surface area contributed by atoms with Gasteiger partial charge in [-0.05, 0) is 20.3 Å². The number of likely N-dealkylation sites (N-methyl/N-ethyl adjacent to an activating group) is 1. The zero-order valence-electron chi connectivity index (χ0n) is 9.21. The van der Waals surface area contributed by atoms with Crippen LogP contribution < -0.4 is 5.32 Å². The summed E-state index contributed by atoms with van der Waals surface area (Å²) in [6, 6.07) is -0.156. The molecule has 0 radical (unpaired) electrons. The molecule has 0 saturated heterocycles. The predicted octanol–water partition coefficient (Wildman–Crippen LogP) is 0.635. The smallest absolute Gasteiger partial charge is 0.244 e. The highest BCUT2D eigenvalue weighted by Crippen LogP contribution is 2.02. The van der Waals surface area contributed by atoms with E-state index in [4.69, 9.17) is 0 Å². The van der Waals surface area contributed by atoms with Crippen LogP contribution in [0.25, 0.3) is 0 Å². The molecule has 4 heteroatoms. The second kappa shape index (κ2) is 4.98. The average Bonchev–Trinajstić information content (AvgIpc) is 2.68. The molecular weight excluding hydrogens is 178 g/mol. The summed E-state index contributed by atoms with van der Waals surface area (Å²) < 4.78 is 0. The van der Waals surface area contributed by atoms with Gasteiger partial charge in [0.05, 0.1) is 5.84 Å². The molecule has 1 heterocycles. The molecule has 0 saturated carbocycles. The van der Waals surface area contributed by atoms with E-state index in [1.807, 2.05) is 20.9 Å². The molecule has 0 spiro atoms. The van der Waals surface area contributed by atoms with Crippen LogP contribution in [0.2, 0.25) is 0 Å². The molecule has 1 amide bonds. The van der Waals surface area contributed by atoms with Crippen LogP contribution >= 0.6 is 0 Å². The number of hydrogen-bond donors (Lipinski definition) is 1. The second-order valence-corrected chi connectivity index (χ2v) is 3.65. The van der Waals surface area contributed by atoms with Gasteiger partial charge < -0.3 is 10.2 Å². The summed E-state index contributed by atoms with van der Waals surface area (Å²) in [4.78, 5) is 17.7. The molecule has 1 rings (SSSR count).